The van der Waals surface area contributed by atoms with E-state index in [-0.39, 0.29) is 0 Å². The second kappa shape index (κ2) is 5.45. The van der Waals surface area contributed by atoms with Gasteiger partial charge in [0, 0.05) is 24.0 Å². The lowest BCUT2D eigenvalue weighted by molar-refractivity contribution is 0.112. The van der Waals surface area contributed by atoms with Crippen LogP contribution in [-0.4, -0.2) is 18.3 Å². The fourth-order valence-electron chi connectivity index (χ4n) is 1.95. The molecule has 3 heteroatoms. The molecule has 0 atom stereocenters. The molecule has 0 spiro atoms. The second-order valence-electron chi connectivity index (χ2n) is 4.30. The van der Waals surface area contributed by atoms with Crippen LogP contribution in [0, 0.1) is 6.92 Å². The summed E-state index contributed by atoms with van der Waals surface area (Å²) in [7, 11) is 1.96. The summed E-state index contributed by atoms with van der Waals surface area (Å²) in [5.74, 6) is 0. The maximum absolute atomic E-state index is 11.0. The molecule has 1 aromatic heterocycles. The maximum Gasteiger partial charge on any atom is 0.152 e. The number of aromatic nitrogens is 1. The zero-order valence-electron chi connectivity index (χ0n) is 10.6. The molecule has 2 aromatic rings. The maximum atomic E-state index is 11.0. The van der Waals surface area contributed by atoms with Crippen molar-refractivity contribution >= 4 is 12.0 Å². The minimum Gasteiger partial charge on any atom is -0.368 e. The average Bonchev–Trinajstić information content (AvgIpc) is 2.38. The summed E-state index contributed by atoms with van der Waals surface area (Å²) in [4.78, 5) is 17.5. The first-order chi connectivity index (χ1) is 8.70. The molecule has 0 radical (unpaired) electrons. The SMILES string of the molecule is Cc1cccc(CN(C)c2ccccc2C=O)n1. The number of pyridine rings is 1. The highest BCUT2D eigenvalue weighted by Crippen LogP contribution is 2.18. The number of aldehydes is 1. The van der Waals surface area contributed by atoms with Crippen molar-refractivity contribution in [3.63, 3.8) is 0 Å². The normalized spacial score (nSPS) is 10.1. The summed E-state index contributed by atoms with van der Waals surface area (Å²) in [6.07, 6.45) is 0.884. The first-order valence-electron chi connectivity index (χ1n) is 5.88. The number of carbonyl (C=O) groups excluding carboxylic acids is 1. The van der Waals surface area contributed by atoms with E-state index in [0.29, 0.717) is 12.1 Å². The third-order valence-corrected chi connectivity index (χ3v) is 2.82. The summed E-state index contributed by atoms with van der Waals surface area (Å²) < 4.78 is 0. The van der Waals surface area contributed by atoms with Crippen LogP contribution in [0.5, 0.6) is 0 Å². The zero-order chi connectivity index (χ0) is 13.0. The van der Waals surface area contributed by atoms with Crippen LogP contribution >= 0.6 is 0 Å². The topological polar surface area (TPSA) is 33.2 Å². The molecule has 0 bridgehead atoms. The van der Waals surface area contributed by atoms with Gasteiger partial charge in [-0.2, -0.15) is 0 Å². The lowest BCUT2D eigenvalue weighted by Crippen LogP contribution is -2.18. The molecule has 0 aliphatic rings. The first kappa shape index (κ1) is 12.3. The summed E-state index contributed by atoms with van der Waals surface area (Å²) >= 11 is 0. The summed E-state index contributed by atoms with van der Waals surface area (Å²) in [6, 6.07) is 13.5. The lowest BCUT2D eigenvalue weighted by Gasteiger charge is -2.20. The smallest absolute Gasteiger partial charge is 0.152 e. The van der Waals surface area contributed by atoms with Gasteiger partial charge < -0.3 is 4.90 Å². The highest BCUT2D eigenvalue weighted by Gasteiger charge is 2.07. The third kappa shape index (κ3) is 2.74. The van der Waals surface area contributed by atoms with Crippen LogP contribution in [0.4, 0.5) is 5.69 Å². The molecule has 3 nitrogen and oxygen atoms in total. The van der Waals surface area contributed by atoms with Crippen LogP contribution < -0.4 is 4.90 Å². The molecule has 0 amide bonds. The van der Waals surface area contributed by atoms with Crippen LogP contribution in [0.3, 0.4) is 0 Å². The number of hydrogen-bond acceptors (Lipinski definition) is 3. The number of anilines is 1. The molecular weight excluding hydrogens is 224 g/mol. The van der Waals surface area contributed by atoms with Gasteiger partial charge in [-0.3, -0.25) is 9.78 Å². The fraction of sp³-hybridized carbons (Fsp3) is 0.200. The average molecular weight is 240 g/mol. The van der Waals surface area contributed by atoms with Crippen LogP contribution in [0.2, 0.25) is 0 Å². The van der Waals surface area contributed by atoms with E-state index < -0.39 is 0 Å². The van der Waals surface area contributed by atoms with E-state index in [4.69, 9.17) is 0 Å². The molecule has 2 rings (SSSR count). The van der Waals surface area contributed by atoms with Crippen LogP contribution in [0.25, 0.3) is 0 Å². The van der Waals surface area contributed by atoms with Gasteiger partial charge in [0.05, 0.1) is 12.2 Å². The van der Waals surface area contributed by atoms with Gasteiger partial charge in [-0.1, -0.05) is 18.2 Å². The molecule has 0 saturated carbocycles. The summed E-state index contributed by atoms with van der Waals surface area (Å²) in [5, 5.41) is 0. The van der Waals surface area contributed by atoms with E-state index in [0.717, 1.165) is 23.4 Å². The van der Waals surface area contributed by atoms with Gasteiger partial charge in [-0.05, 0) is 31.2 Å². The van der Waals surface area contributed by atoms with Crippen molar-refractivity contribution in [3.05, 3.63) is 59.4 Å². The van der Waals surface area contributed by atoms with Crippen molar-refractivity contribution in [1.82, 2.24) is 4.98 Å². The summed E-state index contributed by atoms with van der Waals surface area (Å²) in [6.45, 7) is 2.66. The van der Waals surface area contributed by atoms with E-state index in [2.05, 4.69) is 4.98 Å². The molecule has 0 aliphatic heterocycles. The van der Waals surface area contributed by atoms with Crippen molar-refractivity contribution in [2.45, 2.75) is 13.5 Å². The van der Waals surface area contributed by atoms with Gasteiger partial charge in [-0.15, -0.1) is 0 Å². The van der Waals surface area contributed by atoms with Gasteiger partial charge >= 0.3 is 0 Å². The van der Waals surface area contributed by atoms with E-state index in [1.165, 1.54) is 0 Å². The number of benzene rings is 1. The molecule has 0 unspecified atom stereocenters. The Balaban J connectivity index is 2.21. The Morgan fingerprint density at radius 3 is 2.67 bits per heavy atom. The Labute approximate surface area is 107 Å². The van der Waals surface area contributed by atoms with Crippen molar-refractivity contribution in [2.24, 2.45) is 0 Å². The van der Waals surface area contributed by atoms with E-state index >= 15 is 0 Å². The molecule has 18 heavy (non-hydrogen) atoms. The number of para-hydroxylation sites is 1. The number of hydrogen-bond donors (Lipinski definition) is 0. The Kier molecular flexibility index (Phi) is 3.72. The molecular formula is C15H16N2O. The molecule has 0 aliphatic carbocycles. The highest BCUT2D eigenvalue weighted by atomic mass is 16.1. The predicted octanol–water partition coefficient (Wildman–Crippen LogP) is 2.84. The Morgan fingerprint density at radius 2 is 1.94 bits per heavy atom. The second-order valence-corrected chi connectivity index (χ2v) is 4.30. The third-order valence-electron chi connectivity index (χ3n) is 2.82. The van der Waals surface area contributed by atoms with Gasteiger partial charge in [0.1, 0.15) is 0 Å². The molecule has 1 heterocycles. The largest absolute Gasteiger partial charge is 0.368 e. The highest BCUT2D eigenvalue weighted by molar-refractivity contribution is 5.84. The summed E-state index contributed by atoms with van der Waals surface area (Å²) in [5.41, 5.74) is 3.63. The number of rotatable bonds is 4. The van der Waals surface area contributed by atoms with Gasteiger partial charge in [0.2, 0.25) is 0 Å². The van der Waals surface area contributed by atoms with Crippen LogP contribution in [-0.2, 0) is 6.54 Å². The monoisotopic (exact) mass is 240 g/mol. The number of aryl methyl sites for hydroxylation is 1. The van der Waals surface area contributed by atoms with Crippen molar-refractivity contribution in [2.75, 3.05) is 11.9 Å². The molecule has 0 saturated heterocycles. The molecule has 0 fully saturated rings. The minimum absolute atomic E-state index is 0.687. The standard InChI is InChI=1S/C15H16N2O/c1-12-6-5-8-14(16-12)10-17(2)15-9-4-3-7-13(15)11-18/h3-9,11H,10H2,1-2H3. The van der Waals surface area contributed by atoms with Crippen LogP contribution in [0.15, 0.2) is 42.5 Å². The first-order valence-corrected chi connectivity index (χ1v) is 5.88. The van der Waals surface area contributed by atoms with Crippen molar-refractivity contribution in [3.8, 4) is 0 Å². The van der Waals surface area contributed by atoms with Crippen molar-refractivity contribution < 1.29 is 4.79 Å². The Hall–Kier alpha value is -2.16. The number of nitrogens with zero attached hydrogens (tertiary/aromatic N) is 2. The molecule has 0 N–H and O–H groups in total. The zero-order valence-corrected chi connectivity index (χ0v) is 10.6. The fourth-order valence-corrected chi connectivity index (χ4v) is 1.95. The van der Waals surface area contributed by atoms with E-state index in [1.54, 1.807) is 0 Å². The van der Waals surface area contributed by atoms with E-state index in [1.807, 2.05) is 61.3 Å². The van der Waals surface area contributed by atoms with Gasteiger partial charge in [0.25, 0.3) is 0 Å². The Morgan fingerprint density at radius 1 is 1.17 bits per heavy atom. The lowest BCUT2D eigenvalue weighted by atomic mass is 10.1. The minimum atomic E-state index is 0.687. The van der Waals surface area contributed by atoms with Crippen molar-refractivity contribution in [1.29, 1.82) is 0 Å². The molecule has 92 valence electrons. The molecule has 1 aromatic carbocycles. The van der Waals surface area contributed by atoms with Gasteiger partial charge in [-0.25, -0.2) is 0 Å². The number of carbonyl (C=O) groups is 1. The van der Waals surface area contributed by atoms with Gasteiger partial charge in [0.15, 0.2) is 6.29 Å². The van der Waals surface area contributed by atoms with Crippen LogP contribution in [0.1, 0.15) is 21.7 Å². The predicted molar refractivity (Wildman–Crippen MR) is 72.9 cm³/mol. The Bertz CT molecular complexity index is 552. The van der Waals surface area contributed by atoms with E-state index in [9.17, 15) is 4.79 Å². The quantitative estimate of drug-likeness (QED) is 0.770.